The second-order valence-corrected chi connectivity index (χ2v) is 6.87. The molecule has 3 rings (SSSR count). The molecule has 0 spiro atoms. The number of rotatable bonds is 2. The molecule has 0 saturated carbocycles. The molecule has 2 aliphatic heterocycles. The summed E-state index contributed by atoms with van der Waals surface area (Å²) in [6.07, 6.45) is -5.08. The molecule has 2 atom stereocenters. The Morgan fingerprint density at radius 1 is 1.25 bits per heavy atom. The molecule has 0 radical (unpaired) electrons. The smallest absolute Gasteiger partial charge is 0.475 e. The molecule has 0 aromatic carbocycles. The van der Waals surface area contributed by atoms with Gasteiger partial charge < -0.3 is 15.7 Å². The summed E-state index contributed by atoms with van der Waals surface area (Å²) in [4.78, 5) is 25.7. The lowest BCUT2D eigenvalue weighted by atomic mass is 10.0. The second-order valence-electron chi connectivity index (χ2n) is 5.84. The molecule has 2 saturated heterocycles. The number of alkyl halides is 3. The number of primary amides is 1. The third-order valence-corrected chi connectivity index (χ3v) is 4.94. The van der Waals surface area contributed by atoms with Crippen molar-refractivity contribution in [2.45, 2.75) is 12.7 Å². The molecule has 1 aromatic heterocycles. The number of nitrogens with two attached hydrogens (primary N) is 1. The van der Waals surface area contributed by atoms with E-state index in [2.05, 4.69) is 22.4 Å². The van der Waals surface area contributed by atoms with Crippen LogP contribution < -0.4 is 5.73 Å². The summed E-state index contributed by atoms with van der Waals surface area (Å²) in [6.45, 7) is 4.96. The van der Waals surface area contributed by atoms with Crippen LogP contribution in [0.5, 0.6) is 0 Å². The van der Waals surface area contributed by atoms with Gasteiger partial charge in [0.05, 0.1) is 0 Å². The fourth-order valence-corrected chi connectivity index (χ4v) is 3.77. The summed E-state index contributed by atoms with van der Waals surface area (Å²) < 4.78 is 31.7. The van der Waals surface area contributed by atoms with Crippen molar-refractivity contribution in [3.05, 3.63) is 22.4 Å². The fraction of sp³-hybridized carbons (Fsp3) is 0.571. The quantitative estimate of drug-likeness (QED) is 0.837. The molecule has 2 amide bonds. The number of carbonyl (C=O) groups is 2. The SMILES string of the molecule is NC(=O)N1C[C@H]2CN(Cc3cccs3)C[C@H]2C1.O=C(O)C(F)(F)F. The normalized spacial score (nSPS) is 23.5. The number of thiophene rings is 1. The number of urea groups is 1. The molecule has 3 N–H and O–H groups in total. The van der Waals surface area contributed by atoms with Crippen molar-refractivity contribution >= 4 is 23.3 Å². The van der Waals surface area contributed by atoms with Gasteiger partial charge in [0.25, 0.3) is 0 Å². The van der Waals surface area contributed by atoms with E-state index in [0.29, 0.717) is 11.8 Å². The first-order valence-electron chi connectivity index (χ1n) is 7.26. The van der Waals surface area contributed by atoms with E-state index in [0.717, 1.165) is 32.7 Å². The van der Waals surface area contributed by atoms with E-state index in [-0.39, 0.29) is 6.03 Å². The molecule has 10 heteroatoms. The number of carbonyl (C=O) groups excluding carboxylic acids is 1. The van der Waals surface area contributed by atoms with Gasteiger partial charge in [-0.2, -0.15) is 13.2 Å². The second kappa shape index (κ2) is 7.39. The van der Waals surface area contributed by atoms with Crippen molar-refractivity contribution in [1.29, 1.82) is 0 Å². The Hall–Kier alpha value is -1.81. The van der Waals surface area contributed by atoms with E-state index in [1.54, 1.807) is 4.90 Å². The first-order valence-corrected chi connectivity index (χ1v) is 8.14. The molecular weight excluding hydrogens is 347 g/mol. The molecule has 0 bridgehead atoms. The zero-order chi connectivity index (χ0) is 17.9. The number of likely N-dealkylation sites (tertiary alicyclic amines) is 2. The van der Waals surface area contributed by atoms with Crippen LogP contribution in [0.4, 0.5) is 18.0 Å². The topological polar surface area (TPSA) is 86.9 Å². The maximum atomic E-state index is 11.1. The zero-order valence-corrected chi connectivity index (χ0v) is 13.5. The monoisotopic (exact) mass is 365 g/mol. The molecule has 0 aliphatic carbocycles. The Morgan fingerprint density at radius 2 is 1.79 bits per heavy atom. The maximum absolute atomic E-state index is 11.1. The first kappa shape index (κ1) is 18.5. The lowest BCUT2D eigenvalue weighted by Gasteiger charge is -2.19. The minimum Gasteiger partial charge on any atom is -0.475 e. The minimum absolute atomic E-state index is 0.260. The van der Waals surface area contributed by atoms with E-state index in [1.807, 2.05) is 11.3 Å². The van der Waals surface area contributed by atoms with Crippen LogP contribution in [0.15, 0.2) is 17.5 Å². The molecule has 24 heavy (non-hydrogen) atoms. The van der Waals surface area contributed by atoms with Crippen LogP contribution in [-0.4, -0.2) is 59.3 Å². The van der Waals surface area contributed by atoms with Crippen molar-refractivity contribution < 1.29 is 27.9 Å². The van der Waals surface area contributed by atoms with Crippen LogP contribution in [0, 0.1) is 11.8 Å². The third-order valence-electron chi connectivity index (χ3n) is 4.08. The number of fused-ring (bicyclic) bond motifs is 1. The van der Waals surface area contributed by atoms with Crippen molar-refractivity contribution in [3.8, 4) is 0 Å². The van der Waals surface area contributed by atoms with E-state index < -0.39 is 12.1 Å². The number of carboxylic acids is 1. The predicted molar refractivity (Wildman–Crippen MR) is 81.4 cm³/mol. The van der Waals surface area contributed by atoms with Gasteiger partial charge in [0.1, 0.15) is 0 Å². The van der Waals surface area contributed by atoms with Crippen LogP contribution in [0.3, 0.4) is 0 Å². The van der Waals surface area contributed by atoms with E-state index in [9.17, 15) is 18.0 Å². The molecule has 2 aliphatic rings. The van der Waals surface area contributed by atoms with E-state index in [1.165, 1.54) is 4.88 Å². The first-order chi connectivity index (χ1) is 11.2. The minimum atomic E-state index is -5.08. The Labute approximate surface area is 140 Å². The molecule has 3 heterocycles. The lowest BCUT2D eigenvalue weighted by Crippen LogP contribution is -2.36. The van der Waals surface area contributed by atoms with Crippen molar-refractivity contribution in [1.82, 2.24) is 9.80 Å². The average molecular weight is 365 g/mol. The van der Waals surface area contributed by atoms with Gasteiger partial charge in [0.2, 0.25) is 0 Å². The summed E-state index contributed by atoms with van der Waals surface area (Å²) >= 11 is 1.82. The highest BCUT2D eigenvalue weighted by atomic mass is 32.1. The molecule has 134 valence electrons. The van der Waals surface area contributed by atoms with Gasteiger partial charge in [-0.3, -0.25) is 4.90 Å². The molecule has 1 aromatic rings. The summed E-state index contributed by atoms with van der Waals surface area (Å²) in [6, 6.07) is 4.03. The number of hydrogen-bond donors (Lipinski definition) is 2. The van der Waals surface area contributed by atoms with Crippen LogP contribution >= 0.6 is 11.3 Å². The van der Waals surface area contributed by atoms with E-state index in [4.69, 9.17) is 15.6 Å². The molecule has 6 nitrogen and oxygen atoms in total. The van der Waals surface area contributed by atoms with Gasteiger partial charge in [-0.1, -0.05) is 6.07 Å². The lowest BCUT2D eigenvalue weighted by molar-refractivity contribution is -0.192. The van der Waals surface area contributed by atoms with Gasteiger partial charge in [-0.15, -0.1) is 11.3 Å². The van der Waals surface area contributed by atoms with E-state index >= 15 is 0 Å². The van der Waals surface area contributed by atoms with Crippen molar-refractivity contribution in [2.24, 2.45) is 17.6 Å². The zero-order valence-electron chi connectivity index (χ0n) is 12.7. The number of halogens is 3. The number of nitrogens with zero attached hydrogens (tertiary/aromatic N) is 2. The molecule has 0 unspecified atom stereocenters. The maximum Gasteiger partial charge on any atom is 0.490 e. The average Bonchev–Trinajstić information content (AvgIpc) is 3.14. The predicted octanol–water partition coefficient (Wildman–Crippen LogP) is 1.82. The summed E-state index contributed by atoms with van der Waals surface area (Å²) in [5, 5.41) is 9.25. The summed E-state index contributed by atoms with van der Waals surface area (Å²) in [7, 11) is 0. The number of aliphatic carboxylic acids is 1. The van der Waals surface area contributed by atoms with Crippen LogP contribution in [-0.2, 0) is 11.3 Å². The highest BCUT2D eigenvalue weighted by Crippen LogP contribution is 2.32. The third kappa shape index (κ3) is 4.84. The van der Waals surface area contributed by atoms with Crippen LogP contribution in [0.25, 0.3) is 0 Å². The number of amides is 2. The van der Waals surface area contributed by atoms with Gasteiger partial charge in [-0.25, -0.2) is 9.59 Å². The summed E-state index contributed by atoms with van der Waals surface area (Å²) in [5.41, 5.74) is 5.32. The van der Waals surface area contributed by atoms with Gasteiger partial charge in [0.15, 0.2) is 0 Å². The summed E-state index contributed by atoms with van der Waals surface area (Å²) in [5.74, 6) is -1.50. The Morgan fingerprint density at radius 3 is 2.17 bits per heavy atom. The fourth-order valence-electron chi connectivity index (χ4n) is 3.02. The number of hydrogen-bond acceptors (Lipinski definition) is 4. The van der Waals surface area contributed by atoms with Gasteiger partial charge in [-0.05, 0) is 23.3 Å². The highest BCUT2D eigenvalue weighted by Gasteiger charge is 2.41. The molecule has 2 fully saturated rings. The largest absolute Gasteiger partial charge is 0.490 e. The van der Waals surface area contributed by atoms with Gasteiger partial charge >= 0.3 is 18.2 Å². The van der Waals surface area contributed by atoms with Gasteiger partial charge in [0, 0.05) is 37.6 Å². The Balaban J connectivity index is 0.000000256. The van der Waals surface area contributed by atoms with Crippen LogP contribution in [0.1, 0.15) is 4.88 Å². The Bertz CT molecular complexity index is 566. The molecular formula is C14H18F3N3O3S. The Kier molecular flexibility index (Phi) is 5.70. The highest BCUT2D eigenvalue weighted by molar-refractivity contribution is 7.09. The van der Waals surface area contributed by atoms with Crippen molar-refractivity contribution in [2.75, 3.05) is 26.2 Å². The number of carboxylic acid groups (broad SMARTS) is 1. The van der Waals surface area contributed by atoms with Crippen molar-refractivity contribution in [3.63, 3.8) is 0 Å². The van der Waals surface area contributed by atoms with Crippen LogP contribution in [0.2, 0.25) is 0 Å². The standard InChI is InChI=1S/C12H17N3OS.C2HF3O2/c13-12(16)15-6-9-4-14(5-10(9)7-15)8-11-2-1-3-17-11;3-2(4,5)1(6)7/h1-3,9-10H,4-8H2,(H2,13,16);(H,6,7)/t9-,10+;.